The number of likely N-dealkylation sites (tertiary alicyclic amines) is 1. The number of carbonyl (C=O) groups excluding carboxylic acids is 2. The third-order valence-electron chi connectivity index (χ3n) is 6.80. The van der Waals surface area contributed by atoms with Crippen LogP contribution in [0, 0.1) is 0 Å². The van der Waals surface area contributed by atoms with Gasteiger partial charge < -0.3 is 19.5 Å². The smallest absolute Gasteiger partial charge is 0.295 e. The van der Waals surface area contributed by atoms with Crippen molar-refractivity contribution in [1.29, 1.82) is 0 Å². The second-order valence-electron chi connectivity index (χ2n) is 9.10. The first kappa shape index (κ1) is 26.8. The predicted octanol–water partition coefficient (Wildman–Crippen LogP) is 3.33. The maximum absolute atomic E-state index is 13.1. The van der Waals surface area contributed by atoms with Crippen LogP contribution >= 0.6 is 0 Å². The number of hydrogen-bond acceptors (Lipinski definition) is 7. The zero-order valence-electron chi connectivity index (χ0n) is 21.1. The molecular weight excluding hydrogens is 496 g/mol. The lowest BCUT2D eigenvalue weighted by Gasteiger charge is -2.26. The Balaban J connectivity index is 1.72. The van der Waals surface area contributed by atoms with Crippen LogP contribution in [0.4, 0.5) is 0 Å². The summed E-state index contributed by atoms with van der Waals surface area (Å²) in [6, 6.07) is 11.9. The summed E-state index contributed by atoms with van der Waals surface area (Å²) in [6.07, 6.45) is 3.18. The topological polar surface area (TPSA) is 113 Å². The Hall–Kier alpha value is -3.21. The molecule has 2 heterocycles. The number of sulfonamides is 1. The Bertz CT molecular complexity index is 1260. The molecule has 0 saturated carbocycles. The summed E-state index contributed by atoms with van der Waals surface area (Å²) >= 11 is 0. The van der Waals surface area contributed by atoms with Crippen molar-refractivity contribution in [3.63, 3.8) is 0 Å². The third kappa shape index (κ3) is 5.41. The summed E-state index contributed by atoms with van der Waals surface area (Å²) in [5, 5.41) is 11.2. The summed E-state index contributed by atoms with van der Waals surface area (Å²) in [5.41, 5.74) is 0.855. The number of aliphatic hydroxyl groups excluding tert-OH is 1. The monoisotopic (exact) mass is 528 g/mol. The number of rotatable bonds is 9. The van der Waals surface area contributed by atoms with Crippen molar-refractivity contribution in [3.8, 4) is 5.75 Å². The number of aliphatic hydroxyl groups is 1. The maximum atomic E-state index is 13.1. The summed E-state index contributed by atoms with van der Waals surface area (Å²) < 4.78 is 37.8. The van der Waals surface area contributed by atoms with E-state index in [1.807, 2.05) is 0 Å². The zero-order valence-corrected chi connectivity index (χ0v) is 21.9. The number of amides is 1. The lowest BCUT2D eigenvalue weighted by Crippen LogP contribution is -2.35. The van der Waals surface area contributed by atoms with Crippen LogP contribution in [0.15, 0.2) is 59.0 Å². The van der Waals surface area contributed by atoms with E-state index in [-0.39, 0.29) is 28.3 Å². The summed E-state index contributed by atoms with van der Waals surface area (Å²) in [5.74, 6) is -1.23. The molecule has 0 radical (unpaired) electrons. The number of methoxy groups -OCH3 is 2. The van der Waals surface area contributed by atoms with Crippen LogP contribution in [0.3, 0.4) is 0 Å². The summed E-state index contributed by atoms with van der Waals surface area (Å²) in [7, 11) is -0.540. The van der Waals surface area contributed by atoms with Crippen LogP contribution in [0.1, 0.15) is 42.9 Å². The number of Topliss-reactive ketones (excluding diaryl/α,β-unsaturated/α-hetero) is 1. The van der Waals surface area contributed by atoms with Gasteiger partial charge in [-0.25, -0.2) is 8.42 Å². The van der Waals surface area contributed by atoms with Crippen molar-refractivity contribution >= 4 is 27.5 Å². The molecule has 9 nitrogen and oxygen atoms in total. The molecule has 0 spiro atoms. The summed E-state index contributed by atoms with van der Waals surface area (Å²) in [6.45, 7) is 1.64. The number of carbonyl (C=O) groups is 2. The number of benzene rings is 2. The van der Waals surface area contributed by atoms with Gasteiger partial charge in [-0.3, -0.25) is 9.59 Å². The van der Waals surface area contributed by atoms with Gasteiger partial charge in [-0.05, 0) is 61.2 Å². The number of ketones is 1. The molecule has 2 aromatic rings. The van der Waals surface area contributed by atoms with Gasteiger partial charge in [0, 0.05) is 38.9 Å². The average molecular weight is 529 g/mol. The second kappa shape index (κ2) is 11.5. The van der Waals surface area contributed by atoms with E-state index in [0.29, 0.717) is 37.4 Å². The minimum atomic E-state index is -3.64. The van der Waals surface area contributed by atoms with E-state index in [4.69, 9.17) is 9.47 Å². The highest BCUT2D eigenvalue weighted by Crippen LogP contribution is 2.40. The molecule has 1 amide bonds. The predicted molar refractivity (Wildman–Crippen MR) is 138 cm³/mol. The average Bonchev–Trinajstić information content (AvgIpc) is 3.18. The number of hydrogen-bond donors (Lipinski definition) is 1. The van der Waals surface area contributed by atoms with Crippen molar-refractivity contribution in [1.82, 2.24) is 9.21 Å². The molecule has 2 aliphatic heterocycles. The molecule has 2 aliphatic rings. The fraction of sp³-hybridized carbons (Fsp3) is 0.407. The van der Waals surface area contributed by atoms with E-state index in [0.717, 1.165) is 19.3 Å². The van der Waals surface area contributed by atoms with Crippen LogP contribution < -0.4 is 4.74 Å². The van der Waals surface area contributed by atoms with Crippen molar-refractivity contribution in [2.75, 3.05) is 40.5 Å². The highest BCUT2D eigenvalue weighted by Gasteiger charge is 2.45. The molecule has 198 valence electrons. The first-order chi connectivity index (χ1) is 17.8. The molecule has 2 aromatic carbocycles. The van der Waals surface area contributed by atoms with Crippen LogP contribution in [0.2, 0.25) is 0 Å². The minimum absolute atomic E-state index is 0.0424. The first-order valence-electron chi connectivity index (χ1n) is 12.3. The Morgan fingerprint density at radius 3 is 2.22 bits per heavy atom. The molecule has 10 heteroatoms. The molecule has 0 bridgehead atoms. The van der Waals surface area contributed by atoms with E-state index in [1.54, 1.807) is 38.5 Å². The van der Waals surface area contributed by atoms with E-state index >= 15 is 0 Å². The molecule has 1 N–H and O–H groups in total. The van der Waals surface area contributed by atoms with Gasteiger partial charge in [-0.2, -0.15) is 4.31 Å². The van der Waals surface area contributed by atoms with Crippen LogP contribution in [0.25, 0.3) is 5.76 Å². The van der Waals surface area contributed by atoms with Gasteiger partial charge in [0.2, 0.25) is 10.0 Å². The fourth-order valence-corrected chi connectivity index (χ4v) is 6.33. The SMILES string of the molecule is COCCCN1C(=O)C(=O)C(=C(O)c2ccc(S(=O)(=O)N3CCCCC3)cc2)[C@@H]1c1ccc(OC)cc1. The molecule has 2 saturated heterocycles. The second-order valence-corrected chi connectivity index (χ2v) is 11.0. The lowest BCUT2D eigenvalue weighted by atomic mass is 9.95. The zero-order chi connectivity index (χ0) is 26.6. The van der Waals surface area contributed by atoms with Crippen LogP contribution in [0.5, 0.6) is 5.75 Å². The maximum Gasteiger partial charge on any atom is 0.295 e. The van der Waals surface area contributed by atoms with Gasteiger partial charge in [-0.15, -0.1) is 0 Å². The Morgan fingerprint density at radius 2 is 1.62 bits per heavy atom. The Kier molecular flexibility index (Phi) is 8.31. The summed E-state index contributed by atoms with van der Waals surface area (Å²) in [4.78, 5) is 27.7. The quantitative estimate of drug-likeness (QED) is 0.230. The van der Waals surface area contributed by atoms with Crippen molar-refractivity contribution in [2.45, 2.75) is 36.6 Å². The molecule has 0 aliphatic carbocycles. The van der Waals surface area contributed by atoms with E-state index in [1.165, 1.54) is 33.5 Å². The van der Waals surface area contributed by atoms with Gasteiger partial charge in [0.1, 0.15) is 11.5 Å². The normalized spacial score (nSPS) is 20.4. The highest BCUT2D eigenvalue weighted by molar-refractivity contribution is 7.89. The first-order valence-corrected chi connectivity index (χ1v) is 13.8. The van der Waals surface area contributed by atoms with Gasteiger partial charge in [0.15, 0.2) is 0 Å². The van der Waals surface area contributed by atoms with Gasteiger partial charge in [0.05, 0.1) is 23.6 Å². The molecular formula is C27H32N2O7S. The number of piperidine rings is 1. The lowest BCUT2D eigenvalue weighted by molar-refractivity contribution is -0.140. The molecule has 4 rings (SSSR count). The van der Waals surface area contributed by atoms with Crippen molar-refractivity contribution in [3.05, 3.63) is 65.2 Å². The molecule has 37 heavy (non-hydrogen) atoms. The standard InChI is InChI=1S/C27H32N2O7S/c1-35-18-6-17-29-24(19-7-11-21(36-2)12-8-19)23(26(31)27(29)32)25(30)20-9-13-22(14-10-20)37(33,34)28-15-4-3-5-16-28/h7-14,24,30H,3-6,15-18H2,1-2H3/t24-/m0/s1. The highest BCUT2D eigenvalue weighted by atomic mass is 32.2. The fourth-order valence-electron chi connectivity index (χ4n) is 4.82. The van der Waals surface area contributed by atoms with Crippen LogP contribution in [-0.4, -0.2) is 74.9 Å². The largest absolute Gasteiger partial charge is 0.507 e. The molecule has 0 aromatic heterocycles. The van der Waals surface area contributed by atoms with Crippen LogP contribution in [-0.2, 0) is 24.3 Å². The minimum Gasteiger partial charge on any atom is -0.507 e. The third-order valence-corrected chi connectivity index (χ3v) is 8.71. The molecule has 0 unspecified atom stereocenters. The molecule has 2 fully saturated rings. The Labute approximate surface area is 217 Å². The van der Waals surface area contributed by atoms with E-state index in [2.05, 4.69) is 0 Å². The van der Waals surface area contributed by atoms with E-state index in [9.17, 15) is 23.1 Å². The molecule has 1 atom stereocenters. The van der Waals surface area contributed by atoms with Gasteiger partial charge in [-0.1, -0.05) is 18.6 Å². The van der Waals surface area contributed by atoms with Gasteiger partial charge in [0.25, 0.3) is 11.7 Å². The van der Waals surface area contributed by atoms with Gasteiger partial charge >= 0.3 is 0 Å². The number of ether oxygens (including phenoxy) is 2. The van der Waals surface area contributed by atoms with Crippen molar-refractivity contribution < 1.29 is 32.6 Å². The number of nitrogens with zero attached hydrogens (tertiary/aromatic N) is 2. The Morgan fingerprint density at radius 1 is 0.973 bits per heavy atom. The van der Waals surface area contributed by atoms with Crippen molar-refractivity contribution in [2.24, 2.45) is 0 Å². The van der Waals surface area contributed by atoms with E-state index < -0.39 is 27.8 Å².